The summed E-state index contributed by atoms with van der Waals surface area (Å²) < 4.78 is 10.3. The number of carbonyl (C=O) groups is 2. The first-order valence-electron chi connectivity index (χ1n) is 9.79. The van der Waals surface area contributed by atoms with E-state index in [1.54, 1.807) is 43.5 Å². The van der Waals surface area contributed by atoms with Gasteiger partial charge in [-0.15, -0.1) is 0 Å². The number of nitrogens with one attached hydrogen (secondary N) is 2. The Balaban J connectivity index is 0.000000456. The highest BCUT2D eigenvalue weighted by atomic mass is 16.5. The van der Waals surface area contributed by atoms with Crippen molar-refractivity contribution >= 4 is 23.6 Å². The fourth-order valence-electron chi connectivity index (χ4n) is 2.88. The van der Waals surface area contributed by atoms with Crippen molar-refractivity contribution in [2.75, 3.05) is 32.6 Å². The van der Waals surface area contributed by atoms with E-state index in [0.29, 0.717) is 11.5 Å². The predicted molar refractivity (Wildman–Crippen MR) is 117 cm³/mol. The number of rotatable bonds is 6. The van der Waals surface area contributed by atoms with Crippen LogP contribution >= 0.6 is 0 Å². The Morgan fingerprint density at radius 1 is 1.00 bits per heavy atom. The largest absolute Gasteiger partial charge is 0.493 e. The monoisotopic (exact) mass is 412 g/mol. The van der Waals surface area contributed by atoms with Gasteiger partial charge in [0.2, 0.25) is 5.91 Å². The third kappa shape index (κ3) is 7.25. The molecule has 1 saturated heterocycles. The summed E-state index contributed by atoms with van der Waals surface area (Å²) in [5, 5.41) is 14.9. The number of aromatic carboxylic acids is 1. The molecule has 1 aliphatic heterocycles. The maximum atomic E-state index is 12.0. The molecule has 1 amide bonds. The molecule has 0 bridgehead atoms. The van der Waals surface area contributed by atoms with Crippen LogP contribution < -0.4 is 20.1 Å². The number of piperidine rings is 1. The van der Waals surface area contributed by atoms with Crippen molar-refractivity contribution < 1.29 is 24.2 Å². The van der Waals surface area contributed by atoms with Crippen LogP contribution in [0.25, 0.3) is 6.08 Å². The molecule has 7 heteroatoms. The number of amides is 1. The SMILES string of the molecule is C1CCNCC1.COc1ccc(/C=C/C(=O)Nc2ccccc2C(=O)O)cc1OC. The first-order chi connectivity index (χ1) is 14.5. The maximum absolute atomic E-state index is 12.0. The molecule has 3 N–H and O–H groups in total. The predicted octanol–water partition coefficient (Wildman–Crippen LogP) is 3.81. The highest BCUT2D eigenvalue weighted by Gasteiger charge is 2.10. The number of carbonyl (C=O) groups excluding carboxylic acids is 1. The van der Waals surface area contributed by atoms with E-state index in [-0.39, 0.29) is 11.3 Å². The van der Waals surface area contributed by atoms with E-state index < -0.39 is 11.9 Å². The standard InChI is InChI=1S/C18H17NO5.C5H11N/c1-23-15-9-7-12(11-16(15)24-2)8-10-17(20)19-14-6-4-3-5-13(14)18(21)22;1-2-4-6-5-3-1/h3-11H,1-2H3,(H,19,20)(H,21,22);6H,1-5H2/b10-8+;. The van der Waals surface area contributed by atoms with Crippen LogP contribution in [0.2, 0.25) is 0 Å². The van der Waals surface area contributed by atoms with Crippen molar-refractivity contribution in [3.63, 3.8) is 0 Å². The average Bonchev–Trinajstić information content (AvgIpc) is 2.79. The lowest BCUT2D eigenvalue weighted by atomic mass is 10.1. The molecule has 30 heavy (non-hydrogen) atoms. The Morgan fingerprint density at radius 2 is 1.70 bits per heavy atom. The van der Waals surface area contributed by atoms with Gasteiger partial charge in [-0.3, -0.25) is 4.79 Å². The molecule has 160 valence electrons. The Kier molecular flexibility index (Phi) is 9.40. The van der Waals surface area contributed by atoms with E-state index in [0.717, 1.165) is 5.56 Å². The number of hydrogen-bond donors (Lipinski definition) is 3. The van der Waals surface area contributed by atoms with Crippen LogP contribution in [0.1, 0.15) is 35.2 Å². The number of anilines is 1. The van der Waals surface area contributed by atoms with Gasteiger partial charge in [0.05, 0.1) is 25.5 Å². The fraction of sp³-hybridized carbons (Fsp3) is 0.304. The number of methoxy groups -OCH3 is 2. The minimum Gasteiger partial charge on any atom is -0.493 e. The second-order valence-electron chi connectivity index (χ2n) is 6.60. The average molecular weight is 412 g/mol. The second kappa shape index (κ2) is 12.3. The molecule has 3 rings (SSSR count). The lowest BCUT2D eigenvalue weighted by molar-refractivity contribution is -0.111. The summed E-state index contributed by atoms with van der Waals surface area (Å²) in [5.74, 6) is -0.390. The van der Waals surface area contributed by atoms with Crippen LogP contribution in [0, 0.1) is 0 Å². The van der Waals surface area contributed by atoms with Crippen LogP contribution in [0.4, 0.5) is 5.69 Å². The molecule has 7 nitrogen and oxygen atoms in total. The number of hydrogen-bond acceptors (Lipinski definition) is 5. The van der Waals surface area contributed by atoms with Crippen molar-refractivity contribution in [1.82, 2.24) is 5.32 Å². The summed E-state index contributed by atoms with van der Waals surface area (Å²) in [7, 11) is 3.07. The second-order valence-corrected chi connectivity index (χ2v) is 6.60. The number of carboxylic acid groups (broad SMARTS) is 1. The lowest BCUT2D eigenvalue weighted by Gasteiger charge is -2.08. The summed E-state index contributed by atoms with van der Waals surface area (Å²) in [6.07, 6.45) is 7.13. The van der Waals surface area contributed by atoms with Crippen LogP contribution in [0.3, 0.4) is 0 Å². The zero-order chi connectivity index (χ0) is 21.8. The number of benzene rings is 2. The summed E-state index contributed by atoms with van der Waals surface area (Å²) in [6.45, 7) is 2.50. The molecule has 0 radical (unpaired) electrons. The van der Waals surface area contributed by atoms with E-state index in [1.807, 2.05) is 0 Å². The number of ether oxygens (including phenoxy) is 2. The Labute approximate surface area is 176 Å². The first kappa shape index (κ1) is 23.0. The molecule has 2 aromatic carbocycles. The maximum Gasteiger partial charge on any atom is 0.337 e. The topological polar surface area (TPSA) is 96.9 Å². The molecular weight excluding hydrogens is 384 g/mol. The van der Waals surface area contributed by atoms with Crippen molar-refractivity contribution in [2.45, 2.75) is 19.3 Å². The molecule has 0 unspecified atom stereocenters. The summed E-state index contributed by atoms with van der Waals surface area (Å²) in [6, 6.07) is 11.4. The van der Waals surface area contributed by atoms with Crippen molar-refractivity contribution in [3.05, 3.63) is 59.7 Å². The van der Waals surface area contributed by atoms with Gasteiger partial charge in [0.15, 0.2) is 11.5 Å². The highest BCUT2D eigenvalue weighted by molar-refractivity contribution is 6.06. The van der Waals surface area contributed by atoms with Gasteiger partial charge in [0.1, 0.15) is 0 Å². The van der Waals surface area contributed by atoms with Gasteiger partial charge in [-0.25, -0.2) is 4.79 Å². The van der Waals surface area contributed by atoms with Crippen LogP contribution in [-0.4, -0.2) is 44.3 Å². The minimum atomic E-state index is -1.10. The normalized spacial score (nSPS) is 13.1. The molecule has 0 aliphatic carbocycles. The molecular formula is C23H28N2O5. The highest BCUT2D eigenvalue weighted by Crippen LogP contribution is 2.28. The Hall–Kier alpha value is -3.32. The third-order valence-corrected chi connectivity index (χ3v) is 4.46. The third-order valence-electron chi connectivity index (χ3n) is 4.46. The van der Waals surface area contributed by atoms with Crippen LogP contribution in [0.5, 0.6) is 11.5 Å². The van der Waals surface area contributed by atoms with E-state index in [1.165, 1.54) is 57.7 Å². The van der Waals surface area contributed by atoms with Gasteiger partial charge in [0.25, 0.3) is 0 Å². The Bertz CT molecular complexity index is 864. The van der Waals surface area contributed by atoms with Gasteiger partial charge in [-0.1, -0.05) is 24.6 Å². The van der Waals surface area contributed by atoms with Crippen molar-refractivity contribution in [3.8, 4) is 11.5 Å². The molecule has 1 fully saturated rings. The molecule has 0 spiro atoms. The lowest BCUT2D eigenvalue weighted by Crippen LogP contribution is -2.21. The van der Waals surface area contributed by atoms with Gasteiger partial charge in [-0.2, -0.15) is 0 Å². The van der Waals surface area contributed by atoms with Gasteiger partial charge in [-0.05, 0) is 61.8 Å². The van der Waals surface area contributed by atoms with Crippen LogP contribution in [0.15, 0.2) is 48.5 Å². The van der Waals surface area contributed by atoms with Gasteiger partial charge < -0.3 is 25.2 Å². The first-order valence-corrected chi connectivity index (χ1v) is 9.79. The van der Waals surface area contributed by atoms with E-state index in [9.17, 15) is 9.59 Å². The summed E-state index contributed by atoms with van der Waals surface area (Å²) in [4.78, 5) is 23.1. The minimum absolute atomic E-state index is 0.0327. The zero-order valence-electron chi connectivity index (χ0n) is 17.3. The van der Waals surface area contributed by atoms with Crippen molar-refractivity contribution in [1.29, 1.82) is 0 Å². The smallest absolute Gasteiger partial charge is 0.337 e. The zero-order valence-corrected chi connectivity index (χ0v) is 17.3. The number of carboxylic acids is 1. The fourth-order valence-corrected chi connectivity index (χ4v) is 2.88. The van der Waals surface area contributed by atoms with E-state index in [4.69, 9.17) is 14.6 Å². The van der Waals surface area contributed by atoms with Crippen LogP contribution in [-0.2, 0) is 4.79 Å². The molecule has 1 aliphatic rings. The number of para-hydroxylation sites is 1. The quantitative estimate of drug-likeness (QED) is 0.624. The molecule has 2 aromatic rings. The molecule has 0 saturated carbocycles. The summed E-state index contributed by atoms with van der Waals surface area (Å²) >= 11 is 0. The molecule has 1 heterocycles. The van der Waals surface area contributed by atoms with Crippen molar-refractivity contribution in [2.24, 2.45) is 0 Å². The van der Waals surface area contributed by atoms with E-state index in [2.05, 4.69) is 10.6 Å². The Morgan fingerprint density at radius 3 is 2.27 bits per heavy atom. The van der Waals surface area contributed by atoms with E-state index >= 15 is 0 Å². The van der Waals surface area contributed by atoms with Gasteiger partial charge >= 0.3 is 5.97 Å². The summed E-state index contributed by atoms with van der Waals surface area (Å²) in [5.41, 5.74) is 1.02. The molecule has 0 aromatic heterocycles. The molecule has 0 atom stereocenters. The van der Waals surface area contributed by atoms with Gasteiger partial charge in [0, 0.05) is 6.08 Å².